The third-order valence-corrected chi connectivity index (χ3v) is 5.45. The van der Waals surface area contributed by atoms with Crippen LogP contribution in [0.4, 0.5) is 10.5 Å². The summed E-state index contributed by atoms with van der Waals surface area (Å²) < 4.78 is 0. The van der Waals surface area contributed by atoms with E-state index in [1.54, 1.807) is 7.05 Å². The SMILES string of the molecule is CCc1ccc(CN(C)C(=NC)NCc2cccc(NC(=O)N3CCCC3)c2)cc1. The normalized spacial score (nSPS) is 14.0. The molecule has 1 aliphatic rings. The van der Waals surface area contributed by atoms with E-state index in [1.807, 2.05) is 30.1 Å². The van der Waals surface area contributed by atoms with E-state index in [2.05, 4.69) is 57.8 Å². The summed E-state index contributed by atoms with van der Waals surface area (Å²) in [6.07, 6.45) is 3.23. The zero-order valence-electron chi connectivity index (χ0n) is 18.3. The molecule has 1 saturated heterocycles. The molecule has 160 valence electrons. The molecule has 0 atom stereocenters. The summed E-state index contributed by atoms with van der Waals surface area (Å²) in [5.74, 6) is 0.834. The summed E-state index contributed by atoms with van der Waals surface area (Å²) in [6.45, 7) is 5.28. The number of aryl methyl sites for hydroxylation is 1. The van der Waals surface area contributed by atoms with Crippen LogP contribution in [0.1, 0.15) is 36.5 Å². The smallest absolute Gasteiger partial charge is 0.321 e. The molecule has 1 fully saturated rings. The van der Waals surface area contributed by atoms with Crippen LogP contribution in [0.25, 0.3) is 0 Å². The van der Waals surface area contributed by atoms with Crippen LogP contribution in [-0.4, -0.2) is 49.0 Å². The minimum atomic E-state index is -0.0118. The molecule has 2 N–H and O–H groups in total. The Morgan fingerprint density at radius 3 is 2.43 bits per heavy atom. The number of hydrogen-bond donors (Lipinski definition) is 2. The minimum absolute atomic E-state index is 0.0118. The van der Waals surface area contributed by atoms with Crippen LogP contribution in [0.3, 0.4) is 0 Å². The monoisotopic (exact) mass is 407 g/mol. The minimum Gasteiger partial charge on any atom is -0.352 e. The van der Waals surface area contributed by atoms with Gasteiger partial charge in [0.05, 0.1) is 0 Å². The van der Waals surface area contributed by atoms with E-state index in [1.165, 1.54) is 11.1 Å². The maximum absolute atomic E-state index is 12.3. The Morgan fingerprint density at radius 2 is 1.77 bits per heavy atom. The van der Waals surface area contributed by atoms with Crippen molar-refractivity contribution in [3.05, 3.63) is 65.2 Å². The maximum atomic E-state index is 12.3. The molecule has 0 spiro atoms. The van der Waals surface area contributed by atoms with Crippen molar-refractivity contribution in [3.8, 4) is 0 Å². The first-order chi connectivity index (χ1) is 14.6. The number of nitrogens with zero attached hydrogens (tertiary/aromatic N) is 3. The summed E-state index contributed by atoms with van der Waals surface area (Å²) in [5, 5.41) is 6.43. The number of carbonyl (C=O) groups is 1. The topological polar surface area (TPSA) is 60.0 Å². The van der Waals surface area contributed by atoms with Gasteiger partial charge in [-0.3, -0.25) is 4.99 Å². The van der Waals surface area contributed by atoms with Gasteiger partial charge in [0.1, 0.15) is 0 Å². The van der Waals surface area contributed by atoms with Crippen molar-refractivity contribution in [1.29, 1.82) is 0 Å². The largest absolute Gasteiger partial charge is 0.352 e. The number of nitrogens with one attached hydrogen (secondary N) is 2. The Balaban J connectivity index is 1.54. The van der Waals surface area contributed by atoms with Gasteiger partial charge >= 0.3 is 6.03 Å². The van der Waals surface area contributed by atoms with Gasteiger partial charge in [-0.1, -0.05) is 43.3 Å². The van der Waals surface area contributed by atoms with E-state index < -0.39 is 0 Å². The molecular weight excluding hydrogens is 374 g/mol. The van der Waals surface area contributed by atoms with Gasteiger partial charge in [-0.25, -0.2) is 4.79 Å². The van der Waals surface area contributed by atoms with Gasteiger partial charge < -0.3 is 20.4 Å². The van der Waals surface area contributed by atoms with Crippen LogP contribution in [0.15, 0.2) is 53.5 Å². The van der Waals surface area contributed by atoms with Gasteiger partial charge in [0.25, 0.3) is 0 Å². The lowest BCUT2D eigenvalue weighted by atomic mass is 10.1. The number of aliphatic imine (C=N–C) groups is 1. The predicted octanol–water partition coefficient (Wildman–Crippen LogP) is 4.08. The second-order valence-electron chi connectivity index (χ2n) is 7.75. The van der Waals surface area contributed by atoms with E-state index in [0.29, 0.717) is 6.54 Å². The summed E-state index contributed by atoms with van der Waals surface area (Å²) in [7, 11) is 3.83. The van der Waals surface area contributed by atoms with Gasteiger partial charge in [0.2, 0.25) is 0 Å². The summed E-state index contributed by atoms with van der Waals surface area (Å²) in [6, 6.07) is 16.7. The first-order valence-corrected chi connectivity index (χ1v) is 10.7. The first-order valence-electron chi connectivity index (χ1n) is 10.7. The van der Waals surface area contributed by atoms with E-state index in [-0.39, 0.29) is 6.03 Å². The Bertz CT molecular complexity index is 856. The standard InChI is InChI=1S/C24H33N5O/c1-4-19-10-12-20(13-11-19)18-28(3)23(25-2)26-17-21-8-7-9-22(16-21)27-24(30)29-14-5-6-15-29/h7-13,16H,4-6,14-15,17-18H2,1-3H3,(H,25,26)(H,27,30). The Morgan fingerprint density at radius 1 is 1.07 bits per heavy atom. The molecule has 6 nitrogen and oxygen atoms in total. The van der Waals surface area contributed by atoms with Crippen molar-refractivity contribution in [3.63, 3.8) is 0 Å². The van der Waals surface area contributed by atoms with Crippen molar-refractivity contribution in [1.82, 2.24) is 15.1 Å². The number of hydrogen-bond acceptors (Lipinski definition) is 2. The van der Waals surface area contributed by atoms with Crippen molar-refractivity contribution < 1.29 is 4.79 Å². The molecule has 2 aromatic carbocycles. The number of amides is 2. The number of anilines is 1. The highest BCUT2D eigenvalue weighted by Crippen LogP contribution is 2.14. The number of likely N-dealkylation sites (tertiary alicyclic amines) is 1. The molecule has 0 bridgehead atoms. The van der Waals surface area contributed by atoms with E-state index in [0.717, 1.165) is 56.1 Å². The first kappa shape index (κ1) is 21.7. The van der Waals surface area contributed by atoms with Crippen molar-refractivity contribution >= 4 is 17.7 Å². The molecule has 6 heteroatoms. The van der Waals surface area contributed by atoms with Gasteiger partial charge in [-0.05, 0) is 48.1 Å². The van der Waals surface area contributed by atoms with E-state index in [9.17, 15) is 4.79 Å². The Hall–Kier alpha value is -3.02. The fourth-order valence-corrected chi connectivity index (χ4v) is 3.68. The van der Waals surface area contributed by atoms with Crippen molar-refractivity contribution in [2.75, 3.05) is 32.5 Å². The van der Waals surface area contributed by atoms with Crippen LogP contribution in [0.2, 0.25) is 0 Å². The van der Waals surface area contributed by atoms with Crippen LogP contribution in [-0.2, 0) is 19.5 Å². The lowest BCUT2D eigenvalue weighted by molar-refractivity contribution is 0.222. The molecule has 0 radical (unpaired) electrons. The molecule has 0 saturated carbocycles. The zero-order chi connectivity index (χ0) is 21.3. The van der Waals surface area contributed by atoms with Crippen LogP contribution >= 0.6 is 0 Å². The van der Waals surface area contributed by atoms with Gasteiger partial charge in [-0.2, -0.15) is 0 Å². The van der Waals surface area contributed by atoms with Crippen LogP contribution in [0, 0.1) is 0 Å². The van der Waals surface area contributed by atoms with Crippen molar-refractivity contribution in [2.24, 2.45) is 4.99 Å². The average Bonchev–Trinajstić information content (AvgIpc) is 3.30. The highest BCUT2D eigenvalue weighted by molar-refractivity contribution is 5.89. The molecule has 0 unspecified atom stereocenters. The van der Waals surface area contributed by atoms with E-state index >= 15 is 0 Å². The van der Waals surface area contributed by atoms with Gasteiger partial charge in [0.15, 0.2) is 5.96 Å². The molecule has 0 aliphatic carbocycles. The van der Waals surface area contributed by atoms with Gasteiger partial charge in [0, 0.05) is 46.0 Å². The summed E-state index contributed by atoms with van der Waals surface area (Å²) >= 11 is 0. The summed E-state index contributed by atoms with van der Waals surface area (Å²) in [5.41, 5.74) is 4.52. The van der Waals surface area contributed by atoms with Crippen LogP contribution in [0.5, 0.6) is 0 Å². The third kappa shape index (κ3) is 5.99. The molecule has 0 aromatic heterocycles. The predicted molar refractivity (Wildman–Crippen MR) is 124 cm³/mol. The van der Waals surface area contributed by atoms with E-state index in [4.69, 9.17) is 0 Å². The van der Waals surface area contributed by atoms with Crippen molar-refractivity contribution in [2.45, 2.75) is 39.3 Å². The second kappa shape index (κ2) is 10.7. The Kier molecular flexibility index (Phi) is 7.71. The highest BCUT2D eigenvalue weighted by Gasteiger charge is 2.17. The lowest BCUT2D eigenvalue weighted by Crippen LogP contribution is -2.38. The fraction of sp³-hybridized carbons (Fsp3) is 0.417. The molecule has 2 amide bonds. The lowest BCUT2D eigenvalue weighted by Gasteiger charge is -2.22. The number of carbonyl (C=O) groups excluding carboxylic acids is 1. The fourth-order valence-electron chi connectivity index (χ4n) is 3.68. The molecule has 1 aliphatic heterocycles. The quantitative estimate of drug-likeness (QED) is 0.560. The molecule has 1 heterocycles. The van der Waals surface area contributed by atoms with Crippen LogP contribution < -0.4 is 10.6 Å². The number of guanidine groups is 1. The average molecular weight is 408 g/mol. The third-order valence-electron chi connectivity index (χ3n) is 5.45. The highest BCUT2D eigenvalue weighted by atomic mass is 16.2. The number of rotatable bonds is 6. The summed E-state index contributed by atoms with van der Waals surface area (Å²) in [4.78, 5) is 20.7. The second-order valence-corrected chi connectivity index (χ2v) is 7.75. The molecular formula is C24H33N5O. The number of urea groups is 1. The molecule has 30 heavy (non-hydrogen) atoms. The van der Waals surface area contributed by atoms with Gasteiger partial charge in [-0.15, -0.1) is 0 Å². The molecule has 2 aromatic rings. The maximum Gasteiger partial charge on any atom is 0.321 e. The molecule has 3 rings (SSSR count). The Labute approximate surface area is 180 Å². The number of benzene rings is 2. The zero-order valence-corrected chi connectivity index (χ0v) is 18.3.